The van der Waals surface area contributed by atoms with Gasteiger partial charge < -0.3 is 5.73 Å². The molecule has 13 heavy (non-hydrogen) atoms. The van der Waals surface area contributed by atoms with E-state index in [9.17, 15) is 0 Å². The molecule has 3 heteroatoms. The fourth-order valence-electron chi connectivity index (χ4n) is 1.25. The SMILES string of the molecule is CCCc1ncc(N)c(CCC)n1. The van der Waals surface area contributed by atoms with Gasteiger partial charge in [-0.25, -0.2) is 9.97 Å². The van der Waals surface area contributed by atoms with E-state index in [-0.39, 0.29) is 0 Å². The summed E-state index contributed by atoms with van der Waals surface area (Å²) >= 11 is 0. The van der Waals surface area contributed by atoms with Gasteiger partial charge in [-0.1, -0.05) is 20.3 Å². The summed E-state index contributed by atoms with van der Waals surface area (Å²) in [5, 5.41) is 0. The molecule has 0 unspecified atom stereocenters. The molecule has 1 aromatic rings. The molecule has 0 saturated heterocycles. The minimum Gasteiger partial charge on any atom is -0.396 e. The zero-order valence-electron chi connectivity index (χ0n) is 8.38. The molecule has 0 bridgehead atoms. The highest BCUT2D eigenvalue weighted by atomic mass is 14.9. The second kappa shape index (κ2) is 4.80. The van der Waals surface area contributed by atoms with E-state index >= 15 is 0 Å². The van der Waals surface area contributed by atoms with Crippen molar-refractivity contribution in [2.75, 3.05) is 5.73 Å². The lowest BCUT2D eigenvalue weighted by atomic mass is 10.2. The first-order chi connectivity index (χ1) is 6.27. The molecule has 2 N–H and O–H groups in total. The van der Waals surface area contributed by atoms with Crippen LogP contribution in [0, 0.1) is 0 Å². The molecule has 1 rings (SSSR count). The first-order valence-corrected chi connectivity index (χ1v) is 4.88. The zero-order chi connectivity index (χ0) is 9.68. The van der Waals surface area contributed by atoms with Crippen LogP contribution in [0.2, 0.25) is 0 Å². The zero-order valence-corrected chi connectivity index (χ0v) is 8.38. The van der Waals surface area contributed by atoms with Crippen molar-refractivity contribution in [3.05, 3.63) is 17.7 Å². The maximum atomic E-state index is 5.75. The maximum Gasteiger partial charge on any atom is 0.128 e. The minimum atomic E-state index is 0.724. The Morgan fingerprint density at radius 1 is 1.23 bits per heavy atom. The van der Waals surface area contributed by atoms with E-state index in [0.29, 0.717) is 0 Å². The Bertz CT molecular complexity index is 271. The first kappa shape index (κ1) is 9.96. The second-order valence-electron chi connectivity index (χ2n) is 3.19. The highest BCUT2D eigenvalue weighted by molar-refractivity contribution is 5.40. The van der Waals surface area contributed by atoms with Gasteiger partial charge >= 0.3 is 0 Å². The van der Waals surface area contributed by atoms with E-state index in [1.165, 1.54) is 0 Å². The van der Waals surface area contributed by atoms with Crippen molar-refractivity contribution >= 4 is 5.69 Å². The molecule has 0 atom stereocenters. The van der Waals surface area contributed by atoms with E-state index in [4.69, 9.17) is 5.73 Å². The molecule has 1 aromatic heterocycles. The Hall–Kier alpha value is -1.12. The van der Waals surface area contributed by atoms with Gasteiger partial charge in [0.05, 0.1) is 17.6 Å². The van der Waals surface area contributed by atoms with Crippen molar-refractivity contribution in [2.24, 2.45) is 0 Å². The number of hydrogen-bond donors (Lipinski definition) is 1. The molecular formula is C10H17N3. The summed E-state index contributed by atoms with van der Waals surface area (Å²) < 4.78 is 0. The van der Waals surface area contributed by atoms with Gasteiger partial charge in [-0.3, -0.25) is 0 Å². The molecule has 0 aliphatic carbocycles. The quantitative estimate of drug-likeness (QED) is 0.768. The van der Waals surface area contributed by atoms with Crippen LogP contribution in [0.15, 0.2) is 6.20 Å². The average Bonchev–Trinajstić information content (AvgIpc) is 2.12. The van der Waals surface area contributed by atoms with Gasteiger partial charge in [0.25, 0.3) is 0 Å². The number of hydrogen-bond acceptors (Lipinski definition) is 3. The second-order valence-corrected chi connectivity index (χ2v) is 3.19. The Labute approximate surface area is 79.4 Å². The van der Waals surface area contributed by atoms with Gasteiger partial charge in [0.1, 0.15) is 5.82 Å². The Morgan fingerprint density at radius 3 is 2.54 bits per heavy atom. The molecule has 0 aliphatic heterocycles. The fourth-order valence-corrected chi connectivity index (χ4v) is 1.25. The third-order valence-corrected chi connectivity index (χ3v) is 1.91. The lowest BCUT2D eigenvalue weighted by molar-refractivity contribution is 0.796. The van der Waals surface area contributed by atoms with Crippen molar-refractivity contribution in [3.63, 3.8) is 0 Å². The molecule has 1 heterocycles. The Kier molecular flexibility index (Phi) is 3.68. The molecule has 72 valence electrons. The molecule has 0 spiro atoms. The van der Waals surface area contributed by atoms with Gasteiger partial charge in [0.15, 0.2) is 0 Å². The van der Waals surface area contributed by atoms with Crippen molar-refractivity contribution in [1.82, 2.24) is 9.97 Å². The van der Waals surface area contributed by atoms with Gasteiger partial charge in [0, 0.05) is 6.42 Å². The molecule has 0 amide bonds. The monoisotopic (exact) mass is 179 g/mol. The van der Waals surface area contributed by atoms with Crippen LogP contribution in [0.25, 0.3) is 0 Å². The van der Waals surface area contributed by atoms with Gasteiger partial charge in [0.2, 0.25) is 0 Å². The smallest absolute Gasteiger partial charge is 0.128 e. The predicted octanol–water partition coefficient (Wildman–Crippen LogP) is 1.96. The van der Waals surface area contributed by atoms with Gasteiger partial charge in [-0.15, -0.1) is 0 Å². The minimum absolute atomic E-state index is 0.724. The van der Waals surface area contributed by atoms with E-state index in [2.05, 4.69) is 23.8 Å². The van der Waals surface area contributed by atoms with Crippen LogP contribution >= 0.6 is 0 Å². The normalized spacial score (nSPS) is 10.3. The third kappa shape index (κ3) is 2.68. The molecule has 0 saturated carbocycles. The summed E-state index contributed by atoms with van der Waals surface area (Å²) in [5.41, 5.74) is 7.47. The standard InChI is InChI=1S/C10H17N3/c1-3-5-9-8(11)7-12-10(13-9)6-4-2/h7H,3-6,11H2,1-2H3. The Morgan fingerprint density at radius 2 is 1.92 bits per heavy atom. The van der Waals surface area contributed by atoms with Crippen LogP contribution in [0.5, 0.6) is 0 Å². The number of nitrogens with zero attached hydrogens (tertiary/aromatic N) is 2. The van der Waals surface area contributed by atoms with E-state index < -0.39 is 0 Å². The van der Waals surface area contributed by atoms with Crippen molar-refractivity contribution in [3.8, 4) is 0 Å². The summed E-state index contributed by atoms with van der Waals surface area (Å²) in [7, 11) is 0. The highest BCUT2D eigenvalue weighted by Gasteiger charge is 2.02. The molecule has 3 nitrogen and oxygen atoms in total. The van der Waals surface area contributed by atoms with E-state index in [0.717, 1.165) is 42.9 Å². The summed E-state index contributed by atoms with van der Waals surface area (Å²) in [5.74, 6) is 0.917. The third-order valence-electron chi connectivity index (χ3n) is 1.91. The maximum absolute atomic E-state index is 5.75. The van der Waals surface area contributed by atoms with Crippen LogP contribution in [0.1, 0.15) is 38.2 Å². The average molecular weight is 179 g/mol. The molecule has 0 aliphatic rings. The number of rotatable bonds is 4. The Balaban J connectivity index is 2.83. The number of nitrogens with two attached hydrogens (primary N) is 1. The predicted molar refractivity (Wildman–Crippen MR) is 54.4 cm³/mol. The number of aryl methyl sites for hydroxylation is 2. The van der Waals surface area contributed by atoms with E-state index in [1.807, 2.05) is 0 Å². The molecule has 0 radical (unpaired) electrons. The fraction of sp³-hybridized carbons (Fsp3) is 0.600. The van der Waals surface area contributed by atoms with Crippen molar-refractivity contribution in [1.29, 1.82) is 0 Å². The van der Waals surface area contributed by atoms with Crippen LogP contribution < -0.4 is 5.73 Å². The van der Waals surface area contributed by atoms with Crippen molar-refractivity contribution in [2.45, 2.75) is 39.5 Å². The topological polar surface area (TPSA) is 51.8 Å². The largest absolute Gasteiger partial charge is 0.396 e. The van der Waals surface area contributed by atoms with Crippen LogP contribution in [-0.2, 0) is 12.8 Å². The summed E-state index contributed by atoms with van der Waals surface area (Å²) in [6.07, 6.45) is 5.77. The van der Waals surface area contributed by atoms with Crippen molar-refractivity contribution < 1.29 is 0 Å². The lowest BCUT2D eigenvalue weighted by Gasteiger charge is -2.04. The summed E-state index contributed by atoms with van der Waals surface area (Å²) in [6, 6.07) is 0. The van der Waals surface area contributed by atoms with Gasteiger partial charge in [-0.2, -0.15) is 0 Å². The highest BCUT2D eigenvalue weighted by Crippen LogP contribution is 2.10. The molecule has 0 fully saturated rings. The molecule has 0 aromatic carbocycles. The molecular weight excluding hydrogens is 162 g/mol. The number of aromatic nitrogens is 2. The number of anilines is 1. The van der Waals surface area contributed by atoms with Crippen LogP contribution in [0.3, 0.4) is 0 Å². The van der Waals surface area contributed by atoms with E-state index in [1.54, 1.807) is 6.20 Å². The van der Waals surface area contributed by atoms with Crippen LogP contribution in [-0.4, -0.2) is 9.97 Å². The lowest BCUT2D eigenvalue weighted by Crippen LogP contribution is -2.03. The van der Waals surface area contributed by atoms with Crippen LogP contribution in [0.4, 0.5) is 5.69 Å². The first-order valence-electron chi connectivity index (χ1n) is 4.88. The number of nitrogen functional groups attached to an aromatic ring is 1. The summed E-state index contributed by atoms with van der Waals surface area (Å²) in [4.78, 5) is 8.59. The summed E-state index contributed by atoms with van der Waals surface area (Å²) in [6.45, 7) is 4.25. The van der Waals surface area contributed by atoms with Gasteiger partial charge in [-0.05, 0) is 12.8 Å².